The number of aryl methyl sites for hydroxylation is 1. The molecule has 0 amide bonds. The third kappa shape index (κ3) is 7.57. The number of hydrogen-bond donors (Lipinski definition) is 2. The molecule has 2 fully saturated rings. The summed E-state index contributed by atoms with van der Waals surface area (Å²) in [4.78, 5) is 7.98. The van der Waals surface area contributed by atoms with Gasteiger partial charge in [-0.2, -0.15) is 13.2 Å². The maximum Gasteiger partial charge on any atom is 0.401 e. The molecule has 2 N–H and O–H groups in total. The molecular formula is C19H31F3IN5O2. The van der Waals surface area contributed by atoms with Gasteiger partial charge >= 0.3 is 6.18 Å². The fourth-order valence-electron chi connectivity index (χ4n) is 3.86. The Hall–Kier alpha value is -1.05. The second-order valence-electron chi connectivity index (χ2n) is 7.55. The van der Waals surface area contributed by atoms with Gasteiger partial charge in [-0.1, -0.05) is 0 Å². The summed E-state index contributed by atoms with van der Waals surface area (Å²) < 4.78 is 49.1. The van der Waals surface area contributed by atoms with Crippen molar-refractivity contribution in [1.29, 1.82) is 0 Å². The molecule has 11 heteroatoms. The zero-order chi connectivity index (χ0) is 20.9. The van der Waals surface area contributed by atoms with Crippen molar-refractivity contribution in [3.05, 3.63) is 23.7 Å². The third-order valence-corrected chi connectivity index (χ3v) is 5.28. The lowest BCUT2D eigenvalue weighted by molar-refractivity contribution is -0.143. The molecule has 0 bridgehead atoms. The fraction of sp³-hybridized carbons (Fsp3) is 0.737. The van der Waals surface area contributed by atoms with Gasteiger partial charge in [-0.15, -0.1) is 24.0 Å². The van der Waals surface area contributed by atoms with Gasteiger partial charge in [0.25, 0.3) is 0 Å². The number of hydrogen-bond acceptors (Lipinski definition) is 5. The highest BCUT2D eigenvalue weighted by Crippen LogP contribution is 2.23. The number of nitrogens with one attached hydrogen (secondary N) is 2. The number of halogens is 4. The monoisotopic (exact) mass is 545 g/mol. The topological polar surface area (TPSA) is 65.3 Å². The molecule has 3 heterocycles. The highest BCUT2D eigenvalue weighted by atomic mass is 127. The van der Waals surface area contributed by atoms with Crippen LogP contribution in [-0.4, -0.2) is 87.5 Å². The average molecular weight is 545 g/mol. The first-order chi connectivity index (χ1) is 13.8. The second kappa shape index (κ2) is 11.5. The highest BCUT2D eigenvalue weighted by molar-refractivity contribution is 14.0. The number of furan rings is 1. The molecule has 0 radical (unpaired) electrons. The fourth-order valence-corrected chi connectivity index (χ4v) is 3.86. The molecule has 2 saturated heterocycles. The molecule has 172 valence electrons. The number of ether oxygens (including phenoxy) is 1. The van der Waals surface area contributed by atoms with Crippen molar-refractivity contribution in [2.75, 3.05) is 59.5 Å². The zero-order valence-corrected chi connectivity index (χ0v) is 19.7. The van der Waals surface area contributed by atoms with E-state index in [-0.39, 0.29) is 36.1 Å². The Morgan fingerprint density at radius 2 is 2.00 bits per heavy atom. The van der Waals surface area contributed by atoms with Crippen LogP contribution in [0.1, 0.15) is 24.0 Å². The van der Waals surface area contributed by atoms with Gasteiger partial charge < -0.3 is 19.8 Å². The number of morpholine rings is 1. The summed E-state index contributed by atoms with van der Waals surface area (Å²) in [5.41, 5.74) is 0. The third-order valence-electron chi connectivity index (χ3n) is 5.28. The first-order valence-corrected chi connectivity index (χ1v) is 9.98. The van der Waals surface area contributed by atoms with Gasteiger partial charge in [0.2, 0.25) is 0 Å². The van der Waals surface area contributed by atoms with Crippen LogP contribution in [0.3, 0.4) is 0 Å². The van der Waals surface area contributed by atoms with Gasteiger partial charge in [0.1, 0.15) is 11.5 Å². The van der Waals surface area contributed by atoms with Gasteiger partial charge in [0, 0.05) is 45.8 Å². The van der Waals surface area contributed by atoms with E-state index in [0.29, 0.717) is 45.2 Å². The molecule has 3 rings (SSSR count). The van der Waals surface area contributed by atoms with E-state index in [9.17, 15) is 13.2 Å². The van der Waals surface area contributed by atoms with Crippen LogP contribution in [0.2, 0.25) is 0 Å². The van der Waals surface area contributed by atoms with Crippen molar-refractivity contribution in [2.24, 2.45) is 4.99 Å². The Bertz CT molecular complexity index is 679. The number of aliphatic imine (C=N–C) groups is 1. The van der Waals surface area contributed by atoms with E-state index in [1.807, 2.05) is 19.1 Å². The summed E-state index contributed by atoms with van der Waals surface area (Å²) in [6.45, 7) is 5.39. The Morgan fingerprint density at radius 1 is 1.27 bits per heavy atom. The first-order valence-electron chi connectivity index (χ1n) is 9.98. The molecule has 1 aromatic heterocycles. The predicted molar refractivity (Wildman–Crippen MR) is 119 cm³/mol. The minimum Gasteiger partial charge on any atom is -0.465 e. The number of likely N-dealkylation sites (tertiary alicyclic amines) is 1. The Kier molecular flexibility index (Phi) is 9.69. The maximum absolute atomic E-state index is 12.6. The van der Waals surface area contributed by atoms with Crippen molar-refractivity contribution >= 4 is 29.9 Å². The van der Waals surface area contributed by atoms with Crippen LogP contribution in [0.25, 0.3) is 0 Å². The van der Waals surface area contributed by atoms with E-state index in [1.165, 1.54) is 4.90 Å². The van der Waals surface area contributed by atoms with Gasteiger partial charge in [-0.05, 0) is 25.5 Å². The van der Waals surface area contributed by atoms with Crippen LogP contribution in [0, 0.1) is 6.92 Å². The molecule has 2 atom stereocenters. The molecule has 1 aromatic rings. The van der Waals surface area contributed by atoms with E-state index in [4.69, 9.17) is 9.15 Å². The minimum atomic E-state index is -4.17. The van der Waals surface area contributed by atoms with Crippen molar-refractivity contribution in [3.8, 4) is 0 Å². The van der Waals surface area contributed by atoms with Gasteiger partial charge in [-0.3, -0.25) is 14.8 Å². The minimum absolute atomic E-state index is 0. The smallest absolute Gasteiger partial charge is 0.401 e. The molecule has 0 aromatic carbocycles. The average Bonchev–Trinajstić information content (AvgIpc) is 3.29. The lowest BCUT2D eigenvalue weighted by Crippen LogP contribution is -2.49. The summed E-state index contributed by atoms with van der Waals surface area (Å²) >= 11 is 0. The lowest BCUT2D eigenvalue weighted by atomic mass is 10.1. The van der Waals surface area contributed by atoms with Crippen LogP contribution in [0.5, 0.6) is 0 Å². The van der Waals surface area contributed by atoms with E-state index in [1.54, 1.807) is 7.05 Å². The SMILES string of the molecule is CN=C(NCC(c1ccc(C)o1)N1CCOCC1)NC1CCN(CC(F)(F)F)C1.I. The van der Waals surface area contributed by atoms with Crippen LogP contribution in [0.15, 0.2) is 21.5 Å². The van der Waals surface area contributed by atoms with Gasteiger partial charge in [0.05, 0.1) is 25.8 Å². The molecule has 0 saturated carbocycles. The van der Waals surface area contributed by atoms with Gasteiger partial charge in [0.15, 0.2) is 5.96 Å². The van der Waals surface area contributed by atoms with Crippen molar-refractivity contribution in [2.45, 2.75) is 31.6 Å². The summed E-state index contributed by atoms with van der Waals surface area (Å²) in [6.07, 6.45) is -3.51. The molecule has 2 aliphatic heterocycles. The first kappa shape index (κ1) is 25.2. The number of rotatable bonds is 6. The van der Waals surface area contributed by atoms with E-state index < -0.39 is 12.7 Å². The van der Waals surface area contributed by atoms with Crippen LogP contribution in [0.4, 0.5) is 13.2 Å². The number of nitrogens with zero attached hydrogens (tertiary/aromatic N) is 3. The molecule has 2 unspecified atom stereocenters. The number of alkyl halides is 3. The molecule has 2 aliphatic rings. The van der Waals surface area contributed by atoms with E-state index in [2.05, 4.69) is 20.5 Å². The highest BCUT2D eigenvalue weighted by Gasteiger charge is 2.34. The normalized spacial score (nSPS) is 22.6. The van der Waals surface area contributed by atoms with Crippen molar-refractivity contribution in [1.82, 2.24) is 20.4 Å². The Morgan fingerprint density at radius 3 is 2.60 bits per heavy atom. The largest absolute Gasteiger partial charge is 0.465 e. The zero-order valence-electron chi connectivity index (χ0n) is 17.4. The summed E-state index contributed by atoms with van der Waals surface area (Å²) in [5.74, 6) is 2.33. The van der Waals surface area contributed by atoms with Crippen molar-refractivity contribution in [3.63, 3.8) is 0 Å². The van der Waals surface area contributed by atoms with Crippen LogP contribution in [-0.2, 0) is 4.74 Å². The van der Waals surface area contributed by atoms with Crippen LogP contribution >= 0.6 is 24.0 Å². The predicted octanol–water partition coefficient (Wildman–Crippen LogP) is 2.38. The Labute approximate surface area is 192 Å². The molecule has 0 spiro atoms. The van der Waals surface area contributed by atoms with Crippen molar-refractivity contribution < 1.29 is 22.3 Å². The number of guanidine groups is 1. The quantitative estimate of drug-likeness (QED) is 0.326. The molecular weight excluding hydrogens is 514 g/mol. The standard InChI is InChI=1S/C19H30F3N5O2.HI/c1-14-3-4-17(29-14)16(27-7-9-28-10-8-27)11-24-18(23-2)25-15-5-6-26(12-15)13-19(20,21)22;/h3-4,15-16H,5-13H2,1-2H3,(H2,23,24,25);1H. The summed E-state index contributed by atoms with van der Waals surface area (Å²) in [5, 5.41) is 6.57. The second-order valence-corrected chi connectivity index (χ2v) is 7.55. The molecule has 0 aliphatic carbocycles. The van der Waals surface area contributed by atoms with Crippen LogP contribution < -0.4 is 10.6 Å². The Balaban J connectivity index is 0.00000320. The van der Waals surface area contributed by atoms with E-state index >= 15 is 0 Å². The summed E-state index contributed by atoms with van der Waals surface area (Å²) in [7, 11) is 1.67. The molecule has 30 heavy (non-hydrogen) atoms. The molecule has 7 nitrogen and oxygen atoms in total. The van der Waals surface area contributed by atoms with Gasteiger partial charge in [-0.25, -0.2) is 0 Å². The van der Waals surface area contributed by atoms with E-state index in [0.717, 1.165) is 24.6 Å². The maximum atomic E-state index is 12.6. The summed E-state index contributed by atoms with van der Waals surface area (Å²) in [6, 6.07) is 3.90. The lowest BCUT2D eigenvalue weighted by Gasteiger charge is -2.33.